The van der Waals surface area contributed by atoms with E-state index in [2.05, 4.69) is 63.7 Å². The van der Waals surface area contributed by atoms with Crippen molar-refractivity contribution in [3.05, 3.63) is 83.4 Å². The number of rotatable bonds is 3. The minimum atomic E-state index is 0.0400. The molecular formula is C32H48N2O2. The average molecular weight is 493 g/mol. The number of nitrogens with zero attached hydrogens (tertiary/aromatic N) is 2. The second-order valence-corrected chi connectivity index (χ2v) is 9.15. The summed E-state index contributed by atoms with van der Waals surface area (Å²) in [5.74, 6) is 0.766. The molecule has 0 saturated heterocycles. The molecule has 2 aliphatic rings. The van der Waals surface area contributed by atoms with E-state index in [1.165, 1.54) is 28.3 Å². The van der Waals surface area contributed by atoms with Gasteiger partial charge in [-0.1, -0.05) is 104 Å². The molecule has 0 radical (unpaired) electrons. The Hall–Kier alpha value is -2.88. The molecule has 0 saturated carbocycles. The fourth-order valence-corrected chi connectivity index (χ4v) is 4.72. The Morgan fingerprint density at radius 2 is 1.31 bits per heavy atom. The Morgan fingerprint density at radius 1 is 0.861 bits per heavy atom. The Kier molecular flexibility index (Phi) is 13.8. The van der Waals surface area contributed by atoms with E-state index in [1.54, 1.807) is 0 Å². The van der Waals surface area contributed by atoms with Crippen molar-refractivity contribution < 1.29 is 9.59 Å². The zero-order chi connectivity index (χ0) is 27.3. The van der Waals surface area contributed by atoms with Gasteiger partial charge in [0.25, 0.3) is 0 Å². The molecular weight excluding hydrogens is 444 g/mol. The van der Waals surface area contributed by atoms with Crippen LogP contribution in [0.5, 0.6) is 0 Å². The second kappa shape index (κ2) is 16.0. The fourth-order valence-electron chi connectivity index (χ4n) is 4.72. The number of fused-ring (bicyclic) bond motifs is 2. The lowest BCUT2D eigenvalue weighted by Gasteiger charge is -2.38. The third kappa shape index (κ3) is 8.08. The molecule has 2 atom stereocenters. The normalized spacial score (nSPS) is 17.6. The highest BCUT2D eigenvalue weighted by Crippen LogP contribution is 2.27. The molecule has 198 valence electrons. The summed E-state index contributed by atoms with van der Waals surface area (Å²) in [5.41, 5.74) is 5.33. The summed E-state index contributed by atoms with van der Waals surface area (Å²) in [5, 5.41) is 0. The molecule has 0 aromatic heterocycles. The molecule has 4 nitrogen and oxygen atoms in total. The van der Waals surface area contributed by atoms with Crippen molar-refractivity contribution in [1.29, 1.82) is 0 Å². The number of benzene rings is 2. The van der Waals surface area contributed by atoms with Crippen molar-refractivity contribution in [2.45, 2.75) is 99.8 Å². The van der Waals surface area contributed by atoms with Crippen LogP contribution in [0.1, 0.15) is 84.1 Å². The summed E-state index contributed by atoms with van der Waals surface area (Å²) in [6, 6.07) is 17.4. The highest BCUT2D eigenvalue weighted by Gasteiger charge is 2.30. The quantitative estimate of drug-likeness (QED) is 0.425. The first-order valence-corrected chi connectivity index (χ1v) is 13.7. The molecule has 2 aromatic rings. The number of amides is 2. The van der Waals surface area contributed by atoms with Crippen LogP contribution in [0.15, 0.2) is 61.2 Å². The standard InChI is InChI=1S/C15H19NO.C13H17NO.2C2H6/c1-4-15(17)16-10-13-8-6-5-7-12(13)9-14(16)11(2)3;1-3-13(15)14-9-12-7-5-4-6-11(12)8-10(14)2;2*1-2/h4-8,11,14H,1,9-10H2,2-3H3;4-7,10H,3,8-9H2,1-2H3;2*1-2H3. The van der Waals surface area contributed by atoms with Crippen LogP contribution in [0.2, 0.25) is 0 Å². The minimum Gasteiger partial charge on any atom is -0.335 e. The molecule has 36 heavy (non-hydrogen) atoms. The third-order valence-corrected chi connectivity index (χ3v) is 6.64. The number of carbonyl (C=O) groups excluding carboxylic acids is 2. The first-order chi connectivity index (χ1) is 17.3. The topological polar surface area (TPSA) is 40.6 Å². The predicted molar refractivity (Wildman–Crippen MR) is 153 cm³/mol. The van der Waals surface area contributed by atoms with Crippen LogP contribution in [0, 0.1) is 5.92 Å². The largest absolute Gasteiger partial charge is 0.335 e. The maximum absolute atomic E-state index is 11.9. The lowest BCUT2D eigenvalue weighted by Crippen LogP contribution is -2.46. The van der Waals surface area contributed by atoms with Gasteiger partial charge in [0.15, 0.2) is 0 Å². The summed E-state index contributed by atoms with van der Waals surface area (Å²) in [6.07, 6.45) is 3.96. The van der Waals surface area contributed by atoms with Gasteiger partial charge in [0.05, 0.1) is 0 Å². The Morgan fingerprint density at radius 3 is 1.75 bits per heavy atom. The van der Waals surface area contributed by atoms with E-state index in [-0.39, 0.29) is 17.9 Å². The molecule has 2 unspecified atom stereocenters. The van der Waals surface area contributed by atoms with Gasteiger partial charge in [-0.2, -0.15) is 0 Å². The maximum atomic E-state index is 11.9. The number of carbonyl (C=O) groups is 2. The monoisotopic (exact) mass is 492 g/mol. The first-order valence-electron chi connectivity index (χ1n) is 13.7. The highest BCUT2D eigenvalue weighted by atomic mass is 16.2. The molecule has 0 fully saturated rings. The van der Waals surface area contributed by atoms with E-state index < -0.39 is 0 Å². The van der Waals surface area contributed by atoms with E-state index in [0.29, 0.717) is 24.9 Å². The van der Waals surface area contributed by atoms with Crippen molar-refractivity contribution in [2.24, 2.45) is 5.92 Å². The lowest BCUT2D eigenvalue weighted by molar-refractivity contribution is -0.134. The Bertz CT molecular complexity index is 966. The van der Waals surface area contributed by atoms with Crippen LogP contribution in [0.25, 0.3) is 0 Å². The fraction of sp³-hybridized carbons (Fsp3) is 0.500. The lowest BCUT2D eigenvalue weighted by atomic mass is 9.88. The van der Waals surface area contributed by atoms with Crippen molar-refractivity contribution in [3.63, 3.8) is 0 Å². The van der Waals surface area contributed by atoms with Crippen LogP contribution in [0.3, 0.4) is 0 Å². The van der Waals surface area contributed by atoms with E-state index in [4.69, 9.17) is 0 Å². The second-order valence-electron chi connectivity index (χ2n) is 9.15. The van der Waals surface area contributed by atoms with Crippen LogP contribution < -0.4 is 0 Å². The zero-order valence-electron chi connectivity index (χ0n) is 23.9. The first kappa shape index (κ1) is 31.2. The molecule has 2 heterocycles. The van der Waals surface area contributed by atoms with E-state index in [1.807, 2.05) is 56.6 Å². The molecule has 2 aliphatic heterocycles. The molecule has 2 aromatic carbocycles. The predicted octanol–water partition coefficient (Wildman–Crippen LogP) is 7.20. The molecule has 4 heteroatoms. The van der Waals surface area contributed by atoms with Crippen LogP contribution >= 0.6 is 0 Å². The van der Waals surface area contributed by atoms with Gasteiger partial charge in [0.1, 0.15) is 0 Å². The van der Waals surface area contributed by atoms with Gasteiger partial charge in [-0.15, -0.1) is 0 Å². The minimum absolute atomic E-state index is 0.0400. The van der Waals surface area contributed by atoms with Crippen LogP contribution in [-0.4, -0.2) is 33.7 Å². The average Bonchev–Trinajstić information content (AvgIpc) is 2.93. The smallest absolute Gasteiger partial charge is 0.246 e. The SMILES string of the molecule is C=CC(=O)N1Cc2ccccc2CC1C(C)C.CC.CC.CCC(=O)N1Cc2ccccc2CC1C. The van der Waals surface area contributed by atoms with Gasteiger partial charge in [-0.3, -0.25) is 9.59 Å². The highest BCUT2D eigenvalue weighted by molar-refractivity contribution is 5.87. The zero-order valence-corrected chi connectivity index (χ0v) is 23.9. The van der Waals surface area contributed by atoms with Crippen LogP contribution in [0.4, 0.5) is 0 Å². The van der Waals surface area contributed by atoms with Gasteiger partial charge in [0.2, 0.25) is 11.8 Å². The molecule has 4 rings (SSSR count). The van der Waals surface area contributed by atoms with Gasteiger partial charge in [-0.25, -0.2) is 0 Å². The summed E-state index contributed by atoms with van der Waals surface area (Å²) in [7, 11) is 0. The Balaban J connectivity index is 0.000000318. The summed E-state index contributed by atoms with van der Waals surface area (Å²) in [6.45, 7) is 21.5. The molecule has 2 amide bonds. The van der Waals surface area contributed by atoms with E-state index in [0.717, 1.165) is 19.4 Å². The molecule has 0 aliphatic carbocycles. The number of hydrogen-bond acceptors (Lipinski definition) is 2. The van der Waals surface area contributed by atoms with Gasteiger partial charge in [0, 0.05) is 31.6 Å². The van der Waals surface area contributed by atoms with Crippen molar-refractivity contribution in [3.8, 4) is 0 Å². The van der Waals surface area contributed by atoms with Gasteiger partial charge < -0.3 is 9.80 Å². The van der Waals surface area contributed by atoms with E-state index >= 15 is 0 Å². The maximum Gasteiger partial charge on any atom is 0.246 e. The van der Waals surface area contributed by atoms with Gasteiger partial charge >= 0.3 is 0 Å². The third-order valence-electron chi connectivity index (χ3n) is 6.64. The van der Waals surface area contributed by atoms with E-state index in [9.17, 15) is 9.59 Å². The molecule has 0 spiro atoms. The van der Waals surface area contributed by atoms with Crippen molar-refractivity contribution >= 4 is 11.8 Å². The summed E-state index contributed by atoms with van der Waals surface area (Å²) < 4.78 is 0. The molecule has 0 bridgehead atoms. The van der Waals surface area contributed by atoms with Crippen molar-refractivity contribution in [1.82, 2.24) is 9.80 Å². The summed E-state index contributed by atoms with van der Waals surface area (Å²) >= 11 is 0. The summed E-state index contributed by atoms with van der Waals surface area (Å²) in [4.78, 5) is 27.5. The van der Waals surface area contributed by atoms with Gasteiger partial charge in [-0.05, 0) is 54.0 Å². The van der Waals surface area contributed by atoms with Crippen molar-refractivity contribution in [2.75, 3.05) is 0 Å². The van der Waals surface area contributed by atoms with Crippen LogP contribution in [-0.2, 0) is 35.5 Å². The Labute approximate surface area is 220 Å². The number of hydrogen-bond donors (Lipinski definition) is 0. The molecule has 0 N–H and O–H groups in total.